The average molecular weight is 481 g/mol. The molecule has 0 aromatic carbocycles. The summed E-state index contributed by atoms with van der Waals surface area (Å²) < 4.78 is 5.74. The molecule has 2 aliphatic rings. The third-order valence-corrected chi connectivity index (χ3v) is 7.04. The van der Waals surface area contributed by atoms with Gasteiger partial charge in [0.2, 0.25) is 5.88 Å². The molecule has 2 aliphatic heterocycles. The molecule has 0 aliphatic carbocycles. The number of pyridine rings is 2. The molecule has 10 heteroatoms. The van der Waals surface area contributed by atoms with E-state index in [0.717, 1.165) is 36.9 Å². The van der Waals surface area contributed by atoms with Crippen LogP contribution in [0.25, 0.3) is 10.2 Å². The molecule has 34 heavy (non-hydrogen) atoms. The van der Waals surface area contributed by atoms with Gasteiger partial charge in [0.05, 0.1) is 35.3 Å². The van der Waals surface area contributed by atoms with Crippen LogP contribution in [0.5, 0.6) is 5.88 Å². The summed E-state index contributed by atoms with van der Waals surface area (Å²) in [5, 5.41) is 10.1. The van der Waals surface area contributed by atoms with Crippen LogP contribution in [0.15, 0.2) is 24.5 Å². The van der Waals surface area contributed by atoms with Crippen LogP contribution in [0.4, 0.5) is 21.9 Å². The van der Waals surface area contributed by atoms with Crippen molar-refractivity contribution in [2.24, 2.45) is 5.92 Å². The minimum atomic E-state index is -0.340. The van der Waals surface area contributed by atoms with Crippen molar-refractivity contribution in [3.05, 3.63) is 35.0 Å². The number of carbonyl (C=O) groups is 2. The number of nitrogens with zero attached hydrogens (tertiary/aromatic N) is 3. The van der Waals surface area contributed by atoms with Gasteiger partial charge in [-0.15, -0.1) is 11.3 Å². The standard InChI is InChI=1S/C24H28N6O3S/c1-13(2)12-33-18-9-14(3)17(11-27-18)30-16-6-8-26-23-19(16)20(29-24(30)32)21(34-23)22(31)28-15-5-4-7-25-10-15/h6,8-9,11,13,15,25H,4-5,7,10,12H2,1-3H3,(H,28,31)(H,29,32). The van der Waals surface area contributed by atoms with Gasteiger partial charge in [0.25, 0.3) is 5.91 Å². The molecule has 5 rings (SSSR count). The largest absolute Gasteiger partial charge is 0.477 e. The van der Waals surface area contributed by atoms with Gasteiger partial charge in [-0.05, 0) is 43.9 Å². The minimum Gasteiger partial charge on any atom is -0.477 e. The first kappa shape index (κ1) is 22.5. The van der Waals surface area contributed by atoms with E-state index in [1.54, 1.807) is 23.4 Å². The van der Waals surface area contributed by atoms with Crippen LogP contribution in [0.2, 0.25) is 0 Å². The van der Waals surface area contributed by atoms with Crippen LogP contribution in [0.3, 0.4) is 0 Å². The molecular weight excluding hydrogens is 452 g/mol. The molecule has 1 fully saturated rings. The van der Waals surface area contributed by atoms with Crippen molar-refractivity contribution in [3.8, 4) is 5.88 Å². The Morgan fingerprint density at radius 1 is 1.35 bits per heavy atom. The Morgan fingerprint density at radius 2 is 2.21 bits per heavy atom. The summed E-state index contributed by atoms with van der Waals surface area (Å²) in [4.78, 5) is 38.1. The van der Waals surface area contributed by atoms with Crippen LogP contribution in [0.1, 0.15) is 41.9 Å². The van der Waals surface area contributed by atoms with Crippen molar-refractivity contribution >= 4 is 50.6 Å². The molecule has 3 N–H and O–H groups in total. The number of carbonyl (C=O) groups excluding carboxylic acids is 2. The number of urea groups is 1. The lowest BCUT2D eigenvalue weighted by molar-refractivity contribution is 0.0935. The van der Waals surface area contributed by atoms with E-state index in [4.69, 9.17) is 4.74 Å². The van der Waals surface area contributed by atoms with E-state index in [9.17, 15) is 9.59 Å². The quantitative estimate of drug-likeness (QED) is 0.488. The SMILES string of the molecule is Cc1cc(OCC(C)C)ncc1N1C(=O)Nc2c(C(=O)NC3CCCNC3)sc3nccc1c23. The Labute approximate surface area is 201 Å². The zero-order valence-corrected chi connectivity index (χ0v) is 20.3. The fraction of sp³-hybridized carbons (Fsp3) is 0.417. The molecule has 3 aromatic heterocycles. The number of ether oxygens (including phenoxy) is 1. The van der Waals surface area contributed by atoms with E-state index in [-0.39, 0.29) is 18.0 Å². The van der Waals surface area contributed by atoms with E-state index in [2.05, 4.69) is 39.8 Å². The summed E-state index contributed by atoms with van der Waals surface area (Å²) in [5.41, 5.74) is 2.71. The van der Waals surface area contributed by atoms with E-state index in [0.29, 0.717) is 45.2 Å². The predicted molar refractivity (Wildman–Crippen MR) is 133 cm³/mol. The maximum absolute atomic E-state index is 13.3. The van der Waals surface area contributed by atoms with Crippen molar-refractivity contribution in [3.63, 3.8) is 0 Å². The van der Waals surface area contributed by atoms with Crippen molar-refractivity contribution < 1.29 is 14.3 Å². The van der Waals surface area contributed by atoms with Gasteiger partial charge in [-0.3, -0.25) is 9.69 Å². The summed E-state index contributed by atoms with van der Waals surface area (Å²) in [6.45, 7) is 8.36. The highest BCUT2D eigenvalue weighted by Gasteiger charge is 2.34. The average Bonchev–Trinajstić information content (AvgIpc) is 3.19. The predicted octanol–water partition coefficient (Wildman–Crippen LogP) is 4.20. The number of hydrogen-bond acceptors (Lipinski definition) is 7. The highest BCUT2D eigenvalue weighted by atomic mass is 32.1. The van der Waals surface area contributed by atoms with Crippen molar-refractivity contribution in [1.82, 2.24) is 20.6 Å². The van der Waals surface area contributed by atoms with Crippen molar-refractivity contribution in [2.45, 2.75) is 39.7 Å². The number of hydrogen-bond donors (Lipinski definition) is 3. The lowest BCUT2D eigenvalue weighted by Gasteiger charge is -2.29. The molecule has 1 saturated heterocycles. The topological polar surface area (TPSA) is 108 Å². The molecular formula is C24H28N6O3S. The Morgan fingerprint density at radius 3 is 2.94 bits per heavy atom. The minimum absolute atomic E-state index is 0.0760. The van der Waals surface area contributed by atoms with Crippen molar-refractivity contribution in [2.75, 3.05) is 29.9 Å². The Kier molecular flexibility index (Phi) is 6.09. The Balaban J connectivity index is 1.49. The number of aromatic nitrogens is 2. The number of rotatable bonds is 6. The number of aryl methyl sites for hydroxylation is 1. The number of piperidine rings is 1. The maximum atomic E-state index is 13.3. The van der Waals surface area contributed by atoms with Gasteiger partial charge in [0.15, 0.2) is 0 Å². The lowest BCUT2D eigenvalue weighted by atomic mass is 10.1. The zero-order valence-electron chi connectivity index (χ0n) is 19.5. The van der Waals surface area contributed by atoms with Crippen LogP contribution < -0.4 is 25.6 Å². The second kappa shape index (κ2) is 9.19. The number of nitrogens with one attached hydrogen (secondary N) is 3. The normalized spacial score (nSPS) is 17.7. The van der Waals surface area contributed by atoms with Gasteiger partial charge < -0.3 is 20.7 Å². The van der Waals surface area contributed by atoms with Gasteiger partial charge in [-0.2, -0.15) is 0 Å². The fourth-order valence-corrected chi connectivity index (χ4v) is 5.32. The summed E-state index contributed by atoms with van der Waals surface area (Å²) in [5.74, 6) is 0.730. The first-order valence-electron chi connectivity index (χ1n) is 11.6. The second-order valence-corrected chi connectivity index (χ2v) is 10.1. The molecule has 0 bridgehead atoms. The van der Waals surface area contributed by atoms with Gasteiger partial charge in [0, 0.05) is 24.8 Å². The maximum Gasteiger partial charge on any atom is 0.331 e. The number of thiophene rings is 1. The smallest absolute Gasteiger partial charge is 0.331 e. The van der Waals surface area contributed by atoms with Gasteiger partial charge >= 0.3 is 6.03 Å². The zero-order chi connectivity index (χ0) is 23.8. The first-order chi connectivity index (χ1) is 16.4. The van der Waals surface area contributed by atoms with Crippen LogP contribution >= 0.6 is 11.3 Å². The number of anilines is 3. The summed E-state index contributed by atoms with van der Waals surface area (Å²) in [7, 11) is 0. The lowest BCUT2D eigenvalue weighted by Crippen LogP contribution is -2.45. The molecule has 0 radical (unpaired) electrons. The first-order valence-corrected chi connectivity index (χ1v) is 12.4. The van der Waals surface area contributed by atoms with E-state index >= 15 is 0 Å². The monoisotopic (exact) mass is 480 g/mol. The molecule has 178 valence electrons. The van der Waals surface area contributed by atoms with Gasteiger partial charge in [0.1, 0.15) is 9.71 Å². The Hall–Kier alpha value is -3.24. The van der Waals surface area contributed by atoms with Gasteiger partial charge in [-0.25, -0.2) is 14.8 Å². The molecule has 1 atom stereocenters. The highest BCUT2D eigenvalue weighted by molar-refractivity contribution is 7.21. The number of amides is 3. The third kappa shape index (κ3) is 4.19. The third-order valence-electron chi connectivity index (χ3n) is 5.95. The summed E-state index contributed by atoms with van der Waals surface area (Å²) in [6, 6.07) is 3.37. The summed E-state index contributed by atoms with van der Waals surface area (Å²) in [6.07, 6.45) is 5.28. The molecule has 9 nitrogen and oxygen atoms in total. The van der Waals surface area contributed by atoms with E-state index < -0.39 is 0 Å². The fourth-order valence-electron chi connectivity index (χ4n) is 4.30. The van der Waals surface area contributed by atoms with E-state index in [1.165, 1.54) is 11.3 Å². The molecule has 5 heterocycles. The Bertz CT molecular complexity index is 1250. The van der Waals surface area contributed by atoms with Crippen LogP contribution in [-0.4, -0.2) is 47.6 Å². The van der Waals surface area contributed by atoms with E-state index in [1.807, 2.05) is 13.0 Å². The molecule has 3 aromatic rings. The molecule has 0 spiro atoms. The molecule has 0 saturated carbocycles. The van der Waals surface area contributed by atoms with Crippen molar-refractivity contribution in [1.29, 1.82) is 0 Å². The molecule has 3 amide bonds. The van der Waals surface area contributed by atoms with Gasteiger partial charge in [-0.1, -0.05) is 13.8 Å². The molecule has 1 unspecified atom stereocenters. The van der Waals surface area contributed by atoms with Crippen LogP contribution in [-0.2, 0) is 0 Å². The second-order valence-electron chi connectivity index (χ2n) is 9.11. The summed E-state index contributed by atoms with van der Waals surface area (Å²) >= 11 is 1.29. The highest BCUT2D eigenvalue weighted by Crippen LogP contribution is 2.46. The van der Waals surface area contributed by atoms with Crippen LogP contribution in [0, 0.1) is 12.8 Å².